The van der Waals surface area contributed by atoms with E-state index in [1.807, 2.05) is 6.07 Å². The molecule has 6 nitrogen and oxygen atoms in total. The van der Waals surface area contributed by atoms with Crippen LogP contribution in [0.25, 0.3) is 0 Å². The summed E-state index contributed by atoms with van der Waals surface area (Å²) in [5.74, 6) is -0.0912. The van der Waals surface area contributed by atoms with Gasteiger partial charge in [0.2, 0.25) is 5.91 Å². The van der Waals surface area contributed by atoms with E-state index in [2.05, 4.69) is 17.7 Å². The highest BCUT2D eigenvalue weighted by Gasteiger charge is 2.29. The number of hydrogen-bond acceptors (Lipinski definition) is 4. The van der Waals surface area contributed by atoms with Crippen molar-refractivity contribution >= 4 is 29.2 Å². The second-order valence-corrected chi connectivity index (χ2v) is 6.42. The van der Waals surface area contributed by atoms with Crippen LogP contribution in [-0.2, 0) is 17.6 Å². The molecule has 2 N–H and O–H groups in total. The summed E-state index contributed by atoms with van der Waals surface area (Å²) in [5.41, 5.74) is 3.70. The molecule has 20 heavy (non-hydrogen) atoms. The molecular formula is C13H15N3O3S. The van der Waals surface area contributed by atoms with Gasteiger partial charge in [0, 0.05) is 4.88 Å². The van der Waals surface area contributed by atoms with Crippen LogP contribution in [0.15, 0.2) is 6.07 Å². The molecule has 2 heterocycles. The second-order valence-electron chi connectivity index (χ2n) is 5.29. The van der Waals surface area contributed by atoms with Gasteiger partial charge in [-0.25, -0.2) is 9.80 Å². The Morgan fingerprint density at radius 2 is 2.30 bits per heavy atom. The number of nitrogens with one attached hydrogen (secondary N) is 2. The molecule has 1 atom stereocenters. The highest BCUT2D eigenvalue weighted by Crippen LogP contribution is 2.32. The quantitative estimate of drug-likeness (QED) is 0.801. The van der Waals surface area contributed by atoms with E-state index >= 15 is 0 Å². The molecule has 3 rings (SSSR count). The third-order valence-corrected chi connectivity index (χ3v) is 4.82. The molecule has 0 radical (unpaired) electrons. The number of carbonyl (C=O) groups is 3. The molecule has 1 fully saturated rings. The van der Waals surface area contributed by atoms with E-state index < -0.39 is 11.9 Å². The minimum absolute atomic E-state index is 0.132. The summed E-state index contributed by atoms with van der Waals surface area (Å²) in [4.78, 5) is 36.4. The molecule has 106 valence electrons. The molecule has 4 amide bonds. The number of carbonyl (C=O) groups excluding carboxylic acids is 3. The molecule has 1 aliphatic heterocycles. The first-order chi connectivity index (χ1) is 9.52. The zero-order chi connectivity index (χ0) is 14.3. The molecule has 1 unspecified atom stereocenters. The van der Waals surface area contributed by atoms with E-state index in [9.17, 15) is 14.4 Å². The Bertz CT molecular complexity index is 596. The van der Waals surface area contributed by atoms with Crippen molar-refractivity contribution in [2.45, 2.75) is 26.2 Å². The summed E-state index contributed by atoms with van der Waals surface area (Å²) < 4.78 is 0. The Labute approximate surface area is 120 Å². The van der Waals surface area contributed by atoms with Gasteiger partial charge in [-0.15, -0.1) is 11.3 Å². The Hall–Kier alpha value is -1.89. The predicted octanol–water partition coefficient (Wildman–Crippen LogP) is 1.07. The van der Waals surface area contributed by atoms with Crippen LogP contribution < -0.4 is 10.7 Å². The van der Waals surface area contributed by atoms with Crippen molar-refractivity contribution in [3.8, 4) is 0 Å². The monoisotopic (exact) mass is 293 g/mol. The number of hydrogen-bond donors (Lipinski definition) is 2. The predicted molar refractivity (Wildman–Crippen MR) is 73.2 cm³/mol. The Morgan fingerprint density at radius 3 is 3.00 bits per heavy atom. The van der Waals surface area contributed by atoms with Crippen molar-refractivity contribution in [2.75, 3.05) is 6.54 Å². The Kier molecular flexibility index (Phi) is 3.21. The first kappa shape index (κ1) is 13.1. The fourth-order valence-electron chi connectivity index (χ4n) is 2.53. The molecule has 1 saturated heterocycles. The zero-order valence-electron chi connectivity index (χ0n) is 11.1. The van der Waals surface area contributed by atoms with Gasteiger partial charge in [-0.3, -0.25) is 20.3 Å². The van der Waals surface area contributed by atoms with E-state index in [1.165, 1.54) is 21.8 Å². The van der Waals surface area contributed by atoms with Crippen molar-refractivity contribution in [2.24, 2.45) is 5.92 Å². The third-order valence-electron chi connectivity index (χ3n) is 3.58. The van der Waals surface area contributed by atoms with Crippen LogP contribution in [0, 0.1) is 5.92 Å². The van der Waals surface area contributed by atoms with Gasteiger partial charge >= 0.3 is 6.03 Å². The summed E-state index contributed by atoms with van der Waals surface area (Å²) in [6, 6.07) is 1.32. The number of thiophene rings is 1. The standard InChI is InChI=1S/C13H15N3O3S/c1-7-2-3-9-8(4-7)5-10(20-9)12(18)15-16-6-11(17)14-13(16)19/h5,7H,2-4,6H2,1H3,(H,15,18)(H,14,17,19). The molecule has 1 aliphatic carbocycles. The molecular weight excluding hydrogens is 278 g/mol. The van der Waals surface area contributed by atoms with Gasteiger partial charge in [-0.2, -0.15) is 0 Å². The van der Waals surface area contributed by atoms with Gasteiger partial charge in [-0.1, -0.05) is 6.92 Å². The Morgan fingerprint density at radius 1 is 1.50 bits per heavy atom. The van der Waals surface area contributed by atoms with Crippen molar-refractivity contribution in [3.05, 3.63) is 21.4 Å². The maximum atomic E-state index is 12.1. The fourth-order valence-corrected chi connectivity index (χ4v) is 3.63. The topological polar surface area (TPSA) is 78.5 Å². The first-order valence-corrected chi connectivity index (χ1v) is 7.38. The molecule has 0 spiro atoms. The van der Waals surface area contributed by atoms with Crippen molar-refractivity contribution in [1.82, 2.24) is 15.8 Å². The van der Waals surface area contributed by atoms with Crippen LogP contribution in [0.1, 0.15) is 33.5 Å². The van der Waals surface area contributed by atoms with E-state index in [0.717, 1.165) is 24.3 Å². The van der Waals surface area contributed by atoms with Gasteiger partial charge in [0.25, 0.3) is 5.91 Å². The van der Waals surface area contributed by atoms with Gasteiger partial charge < -0.3 is 0 Å². The maximum Gasteiger partial charge on any atom is 0.343 e. The van der Waals surface area contributed by atoms with Gasteiger partial charge in [0.05, 0.1) is 4.88 Å². The summed E-state index contributed by atoms with van der Waals surface area (Å²) in [5, 5.41) is 3.12. The number of urea groups is 1. The lowest BCUT2D eigenvalue weighted by Crippen LogP contribution is -2.43. The smallest absolute Gasteiger partial charge is 0.275 e. The number of fused-ring (bicyclic) bond motifs is 1. The van der Waals surface area contributed by atoms with Crippen LogP contribution in [0.3, 0.4) is 0 Å². The average Bonchev–Trinajstić information content (AvgIpc) is 2.92. The summed E-state index contributed by atoms with van der Waals surface area (Å²) >= 11 is 1.48. The molecule has 2 aliphatic rings. The van der Waals surface area contributed by atoms with Crippen LogP contribution >= 0.6 is 11.3 Å². The lowest BCUT2D eigenvalue weighted by Gasteiger charge is -2.16. The normalized spacial score (nSPS) is 21.6. The molecule has 7 heteroatoms. The lowest BCUT2D eigenvalue weighted by molar-refractivity contribution is -0.118. The van der Waals surface area contributed by atoms with Gasteiger partial charge in [0.1, 0.15) is 6.54 Å². The maximum absolute atomic E-state index is 12.1. The minimum Gasteiger partial charge on any atom is -0.275 e. The van der Waals surface area contributed by atoms with Crippen LogP contribution in [0.2, 0.25) is 0 Å². The second kappa shape index (κ2) is 4.90. The third kappa shape index (κ3) is 2.40. The van der Waals surface area contributed by atoms with Crippen LogP contribution in [-0.4, -0.2) is 29.4 Å². The van der Waals surface area contributed by atoms with E-state index in [0.29, 0.717) is 10.8 Å². The fraction of sp³-hybridized carbons (Fsp3) is 0.462. The van der Waals surface area contributed by atoms with E-state index in [1.54, 1.807) is 0 Å². The van der Waals surface area contributed by atoms with Crippen molar-refractivity contribution < 1.29 is 14.4 Å². The number of rotatable bonds is 2. The van der Waals surface area contributed by atoms with E-state index in [-0.39, 0.29) is 12.5 Å². The molecule has 0 aromatic carbocycles. The molecule has 0 saturated carbocycles. The van der Waals surface area contributed by atoms with Crippen LogP contribution in [0.5, 0.6) is 0 Å². The first-order valence-electron chi connectivity index (χ1n) is 6.57. The number of hydrazine groups is 1. The molecule has 1 aromatic heterocycles. The largest absolute Gasteiger partial charge is 0.343 e. The minimum atomic E-state index is -0.585. The van der Waals surface area contributed by atoms with Gasteiger partial charge in [0.15, 0.2) is 0 Å². The number of nitrogens with zero attached hydrogens (tertiary/aromatic N) is 1. The zero-order valence-corrected chi connectivity index (χ0v) is 11.9. The lowest BCUT2D eigenvalue weighted by atomic mass is 9.90. The summed E-state index contributed by atoms with van der Waals surface area (Å²) in [6.07, 6.45) is 3.16. The molecule has 1 aromatic rings. The number of imide groups is 1. The van der Waals surface area contributed by atoms with Crippen LogP contribution in [0.4, 0.5) is 4.79 Å². The number of aryl methyl sites for hydroxylation is 1. The summed E-state index contributed by atoms with van der Waals surface area (Å²) in [6.45, 7) is 2.08. The number of amides is 4. The average molecular weight is 293 g/mol. The summed E-state index contributed by atoms with van der Waals surface area (Å²) in [7, 11) is 0. The Balaban J connectivity index is 1.72. The highest BCUT2D eigenvalue weighted by molar-refractivity contribution is 7.14. The highest BCUT2D eigenvalue weighted by atomic mass is 32.1. The van der Waals surface area contributed by atoms with E-state index in [4.69, 9.17) is 0 Å². The van der Waals surface area contributed by atoms with Crippen molar-refractivity contribution in [3.63, 3.8) is 0 Å². The van der Waals surface area contributed by atoms with Crippen molar-refractivity contribution in [1.29, 1.82) is 0 Å². The molecule has 0 bridgehead atoms. The van der Waals surface area contributed by atoms with Gasteiger partial charge in [-0.05, 0) is 36.8 Å². The SMILES string of the molecule is CC1CCc2sc(C(=O)NN3CC(=O)NC3=O)cc2C1.